The Hall–Kier alpha value is -1.81. The van der Waals surface area contributed by atoms with Crippen molar-refractivity contribution >= 4 is 15.9 Å². The minimum atomic E-state index is -4.84. The summed E-state index contributed by atoms with van der Waals surface area (Å²) in [6, 6.07) is 4.09. The van der Waals surface area contributed by atoms with Crippen molar-refractivity contribution in [2.75, 3.05) is 26.2 Å². The largest absolute Gasteiger partial charge is 0.573 e. The zero-order valence-corrected chi connectivity index (χ0v) is 16.0. The average molecular weight is 408 g/mol. The Labute approximate surface area is 156 Å². The highest BCUT2D eigenvalue weighted by Gasteiger charge is 2.33. The van der Waals surface area contributed by atoms with Crippen LogP contribution in [-0.4, -0.2) is 56.1 Å². The highest BCUT2D eigenvalue weighted by Crippen LogP contribution is 2.25. The summed E-state index contributed by atoms with van der Waals surface area (Å²) in [7, 11) is -3.84. The number of halogens is 3. The first-order valence-corrected chi connectivity index (χ1v) is 10.2. The van der Waals surface area contributed by atoms with Crippen molar-refractivity contribution in [1.82, 2.24) is 9.21 Å². The number of piperazine rings is 1. The molecule has 1 aliphatic rings. The lowest BCUT2D eigenvalue weighted by molar-refractivity contribution is -0.274. The maximum atomic E-state index is 12.7. The lowest BCUT2D eigenvalue weighted by Gasteiger charge is -2.35. The van der Waals surface area contributed by atoms with Gasteiger partial charge in [-0.05, 0) is 37.1 Å². The number of alkyl halides is 3. The molecule has 1 aliphatic heterocycles. The zero-order valence-electron chi connectivity index (χ0n) is 15.2. The van der Waals surface area contributed by atoms with Gasteiger partial charge in [-0.25, -0.2) is 8.42 Å². The Morgan fingerprint density at radius 1 is 1.07 bits per heavy atom. The number of nitrogens with zero attached hydrogens (tertiary/aromatic N) is 2. The second kappa shape index (κ2) is 8.47. The molecule has 1 amide bonds. The van der Waals surface area contributed by atoms with Crippen molar-refractivity contribution in [3.8, 4) is 5.75 Å². The minimum absolute atomic E-state index is 0.0331. The molecule has 0 aromatic heterocycles. The average Bonchev–Trinajstić information content (AvgIpc) is 2.62. The van der Waals surface area contributed by atoms with Crippen LogP contribution in [0, 0.1) is 5.92 Å². The number of carbonyl (C=O) groups excluding carboxylic acids is 1. The summed E-state index contributed by atoms with van der Waals surface area (Å²) in [5.74, 6) is -0.512. The van der Waals surface area contributed by atoms with E-state index in [2.05, 4.69) is 4.74 Å². The molecule has 0 spiro atoms. The van der Waals surface area contributed by atoms with Gasteiger partial charge in [0.05, 0.1) is 4.90 Å². The minimum Gasteiger partial charge on any atom is -0.406 e. The fourth-order valence-corrected chi connectivity index (χ4v) is 4.43. The SMILES string of the molecule is CCC(CC)C(=O)N1CCN(S(=O)(=O)c2ccc(OC(F)(F)F)cc2)CC1. The van der Waals surface area contributed by atoms with E-state index in [1.54, 1.807) is 4.90 Å². The first-order chi connectivity index (χ1) is 12.6. The van der Waals surface area contributed by atoms with Crippen LogP contribution in [0.5, 0.6) is 5.75 Å². The van der Waals surface area contributed by atoms with Crippen LogP contribution >= 0.6 is 0 Å². The summed E-state index contributed by atoms with van der Waals surface area (Å²) in [5.41, 5.74) is 0. The second-order valence-electron chi connectivity index (χ2n) is 6.26. The van der Waals surface area contributed by atoms with Crippen molar-refractivity contribution in [1.29, 1.82) is 0 Å². The Morgan fingerprint density at radius 2 is 1.59 bits per heavy atom. The lowest BCUT2D eigenvalue weighted by atomic mass is 10.0. The van der Waals surface area contributed by atoms with Gasteiger partial charge in [-0.1, -0.05) is 13.8 Å². The van der Waals surface area contributed by atoms with Crippen molar-refractivity contribution in [3.63, 3.8) is 0 Å². The zero-order chi connectivity index (χ0) is 20.2. The molecule has 10 heteroatoms. The van der Waals surface area contributed by atoms with Crippen molar-refractivity contribution in [3.05, 3.63) is 24.3 Å². The van der Waals surface area contributed by atoms with E-state index in [9.17, 15) is 26.4 Å². The molecule has 1 aromatic rings. The Kier molecular flexibility index (Phi) is 6.74. The van der Waals surface area contributed by atoms with Crippen LogP contribution in [-0.2, 0) is 14.8 Å². The molecule has 6 nitrogen and oxygen atoms in total. The van der Waals surface area contributed by atoms with E-state index in [0.717, 1.165) is 37.1 Å². The van der Waals surface area contributed by atoms with E-state index in [0.29, 0.717) is 13.1 Å². The molecule has 0 aliphatic carbocycles. The molecule has 27 heavy (non-hydrogen) atoms. The van der Waals surface area contributed by atoms with Gasteiger partial charge in [0.2, 0.25) is 15.9 Å². The smallest absolute Gasteiger partial charge is 0.406 e. The predicted octanol–water partition coefficient (Wildman–Crippen LogP) is 2.85. The fraction of sp³-hybridized carbons (Fsp3) is 0.588. The first-order valence-electron chi connectivity index (χ1n) is 8.73. The first kappa shape index (κ1) is 21.5. The molecule has 1 fully saturated rings. The molecule has 0 unspecified atom stereocenters. The molecule has 152 valence electrons. The number of benzene rings is 1. The van der Waals surface area contributed by atoms with E-state index in [-0.39, 0.29) is 29.8 Å². The van der Waals surface area contributed by atoms with Crippen molar-refractivity contribution in [2.45, 2.75) is 37.9 Å². The van der Waals surface area contributed by atoms with Crippen LogP contribution in [0.15, 0.2) is 29.2 Å². The third-order valence-electron chi connectivity index (χ3n) is 4.58. The molecule has 1 saturated heterocycles. The monoisotopic (exact) mass is 408 g/mol. The molecule has 1 heterocycles. The van der Waals surface area contributed by atoms with E-state index in [1.165, 1.54) is 4.31 Å². The number of rotatable bonds is 6. The van der Waals surface area contributed by atoms with E-state index < -0.39 is 22.1 Å². The number of hydrogen-bond acceptors (Lipinski definition) is 4. The van der Waals surface area contributed by atoms with E-state index >= 15 is 0 Å². The van der Waals surface area contributed by atoms with Crippen LogP contribution in [0.25, 0.3) is 0 Å². The molecule has 1 aromatic carbocycles. The van der Waals surface area contributed by atoms with Crippen molar-refractivity contribution < 1.29 is 31.1 Å². The fourth-order valence-electron chi connectivity index (χ4n) is 3.01. The van der Waals surface area contributed by atoms with Gasteiger partial charge in [0.1, 0.15) is 5.75 Å². The highest BCUT2D eigenvalue weighted by atomic mass is 32.2. The topological polar surface area (TPSA) is 66.9 Å². The predicted molar refractivity (Wildman–Crippen MR) is 92.5 cm³/mol. The normalized spacial score (nSPS) is 16.6. The maximum absolute atomic E-state index is 12.7. The second-order valence-corrected chi connectivity index (χ2v) is 8.20. The number of amides is 1. The van der Waals surface area contributed by atoms with E-state index in [4.69, 9.17) is 0 Å². The number of sulfonamides is 1. The Balaban J connectivity index is 2.03. The van der Waals surface area contributed by atoms with Crippen LogP contribution in [0.1, 0.15) is 26.7 Å². The van der Waals surface area contributed by atoms with Gasteiger partial charge in [-0.15, -0.1) is 13.2 Å². The van der Waals surface area contributed by atoms with Crippen LogP contribution in [0.3, 0.4) is 0 Å². The molecule has 0 N–H and O–H groups in total. The number of carbonyl (C=O) groups is 1. The van der Waals surface area contributed by atoms with Crippen LogP contribution in [0.4, 0.5) is 13.2 Å². The van der Waals surface area contributed by atoms with Gasteiger partial charge in [0.25, 0.3) is 0 Å². The van der Waals surface area contributed by atoms with Gasteiger partial charge in [-0.2, -0.15) is 4.31 Å². The molecule has 2 rings (SSSR count). The van der Waals surface area contributed by atoms with Gasteiger partial charge in [0, 0.05) is 32.1 Å². The quantitative estimate of drug-likeness (QED) is 0.726. The van der Waals surface area contributed by atoms with Gasteiger partial charge < -0.3 is 9.64 Å². The Bertz CT molecular complexity index is 738. The summed E-state index contributed by atoms with van der Waals surface area (Å²) in [5, 5.41) is 0. The molecular weight excluding hydrogens is 385 g/mol. The molecule has 0 saturated carbocycles. The third-order valence-corrected chi connectivity index (χ3v) is 6.49. The van der Waals surface area contributed by atoms with Gasteiger partial charge in [0.15, 0.2) is 0 Å². The van der Waals surface area contributed by atoms with Crippen molar-refractivity contribution in [2.24, 2.45) is 5.92 Å². The third kappa shape index (κ3) is 5.35. The van der Waals surface area contributed by atoms with Gasteiger partial charge >= 0.3 is 6.36 Å². The van der Waals surface area contributed by atoms with E-state index in [1.807, 2.05) is 13.8 Å². The van der Waals surface area contributed by atoms with Gasteiger partial charge in [-0.3, -0.25) is 4.79 Å². The molecule has 0 bridgehead atoms. The lowest BCUT2D eigenvalue weighted by Crippen LogP contribution is -2.51. The molecule has 0 atom stereocenters. The summed E-state index contributed by atoms with van der Waals surface area (Å²) >= 11 is 0. The standard InChI is InChI=1S/C17H23F3N2O4S/c1-3-13(4-2)16(23)21-9-11-22(12-10-21)27(24,25)15-7-5-14(6-8-15)26-17(18,19)20/h5-8,13H,3-4,9-12H2,1-2H3. The molecule has 0 radical (unpaired) electrons. The summed E-state index contributed by atoms with van der Waals surface area (Å²) in [6.45, 7) is 4.77. The summed E-state index contributed by atoms with van der Waals surface area (Å²) in [6.07, 6.45) is -3.36. The number of ether oxygens (including phenoxy) is 1. The number of hydrogen-bond donors (Lipinski definition) is 0. The van der Waals surface area contributed by atoms with Crippen LogP contribution < -0.4 is 4.74 Å². The highest BCUT2D eigenvalue weighted by molar-refractivity contribution is 7.89. The summed E-state index contributed by atoms with van der Waals surface area (Å²) < 4.78 is 66.9. The maximum Gasteiger partial charge on any atom is 0.573 e. The van der Waals surface area contributed by atoms with Crippen LogP contribution in [0.2, 0.25) is 0 Å². The Morgan fingerprint density at radius 3 is 2.04 bits per heavy atom. The molecular formula is C17H23F3N2O4S. The summed E-state index contributed by atoms with van der Waals surface area (Å²) in [4.78, 5) is 13.9.